The van der Waals surface area contributed by atoms with Gasteiger partial charge in [0.1, 0.15) is 5.82 Å². The van der Waals surface area contributed by atoms with Crippen molar-refractivity contribution in [3.63, 3.8) is 0 Å². The summed E-state index contributed by atoms with van der Waals surface area (Å²) in [5.41, 5.74) is -0.698. The molecule has 1 N–H and O–H groups in total. The minimum atomic E-state index is -3.77. The molecule has 0 saturated carbocycles. The second-order valence-electron chi connectivity index (χ2n) is 5.31. The molecule has 0 aliphatic carbocycles. The Morgan fingerprint density at radius 2 is 2.04 bits per heavy atom. The number of anilines is 1. The van der Waals surface area contributed by atoms with E-state index < -0.39 is 35.9 Å². The normalized spacial score (nSPS) is 17.3. The molecule has 0 fully saturated rings. The Kier molecular flexibility index (Phi) is 3.60. The molecule has 2 aromatic rings. The van der Waals surface area contributed by atoms with Crippen LogP contribution >= 0.6 is 0 Å². The molecule has 1 aliphatic rings. The first-order chi connectivity index (χ1) is 10.8. The number of nitrogens with zero attached hydrogens (tertiary/aromatic N) is 2. The Labute approximate surface area is 130 Å². The molecule has 1 atom stereocenters. The van der Waals surface area contributed by atoms with E-state index in [1.807, 2.05) is 0 Å². The molecule has 0 bridgehead atoms. The van der Waals surface area contributed by atoms with Crippen LogP contribution < -0.4 is 4.90 Å². The van der Waals surface area contributed by atoms with Gasteiger partial charge in [0, 0.05) is 6.20 Å². The summed E-state index contributed by atoms with van der Waals surface area (Å²) in [4.78, 5) is 16.7. The fourth-order valence-electron chi connectivity index (χ4n) is 2.70. The van der Waals surface area contributed by atoms with Gasteiger partial charge in [0.2, 0.25) is 0 Å². The third-order valence-corrected chi connectivity index (χ3v) is 3.79. The average Bonchev–Trinajstić information content (AvgIpc) is 2.70. The number of aromatic nitrogens is 1. The molecule has 0 unspecified atom stereocenters. The molecule has 7 heteroatoms. The monoisotopic (exact) mass is 322 g/mol. The molecular weight excluding hydrogens is 309 g/mol. The summed E-state index contributed by atoms with van der Waals surface area (Å²) in [6, 6.07) is 6.68. The summed E-state index contributed by atoms with van der Waals surface area (Å²) < 4.78 is 42.5. The number of hydrogen-bond acceptors (Lipinski definition) is 3. The number of rotatable bonds is 3. The Balaban J connectivity index is 2.11. The van der Waals surface area contributed by atoms with Crippen molar-refractivity contribution in [1.82, 2.24) is 4.98 Å². The van der Waals surface area contributed by atoms with Gasteiger partial charge in [0.15, 0.2) is 0 Å². The fourth-order valence-corrected chi connectivity index (χ4v) is 2.70. The topological polar surface area (TPSA) is 53.4 Å². The summed E-state index contributed by atoms with van der Waals surface area (Å²) >= 11 is 0. The first-order valence-corrected chi connectivity index (χ1v) is 6.94. The number of halogens is 3. The molecule has 1 aromatic heterocycles. The number of amides is 1. The van der Waals surface area contributed by atoms with Crippen LogP contribution in [0.2, 0.25) is 0 Å². The smallest absolute Gasteiger partial charge is 0.352 e. The molecule has 0 radical (unpaired) electrons. The number of aliphatic hydroxyl groups excluding tert-OH is 1. The van der Waals surface area contributed by atoms with Crippen molar-refractivity contribution in [2.75, 3.05) is 4.90 Å². The summed E-state index contributed by atoms with van der Waals surface area (Å²) in [6.45, 7) is 0.939. The van der Waals surface area contributed by atoms with E-state index in [2.05, 4.69) is 4.98 Å². The lowest BCUT2D eigenvalue weighted by atomic mass is 9.98. The molecule has 120 valence electrons. The number of alkyl halides is 2. The molecule has 3 rings (SSSR count). The van der Waals surface area contributed by atoms with Crippen molar-refractivity contribution in [2.45, 2.75) is 25.5 Å². The van der Waals surface area contributed by atoms with Crippen LogP contribution in [0.4, 0.5) is 18.9 Å². The quantitative estimate of drug-likeness (QED) is 0.945. The number of aliphatic hydroxyl groups is 1. The second kappa shape index (κ2) is 5.34. The molecule has 1 aromatic carbocycles. The molecule has 23 heavy (non-hydrogen) atoms. The summed E-state index contributed by atoms with van der Waals surface area (Å²) in [7, 11) is 0. The number of carbonyl (C=O) groups is 1. The summed E-state index contributed by atoms with van der Waals surface area (Å²) in [5.74, 6) is -5.90. The van der Waals surface area contributed by atoms with Crippen LogP contribution in [-0.4, -0.2) is 16.0 Å². The zero-order valence-corrected chi connectivity index (χ0v) is 12.1. The first kappa shape index (κ1) is 15.5. The third-order valence-electron chi connectivity index (χ3n) is 3.79. The van der Waals surface area contributed by atoms with Gasteiger partial charge < -0.3 is 10.0 Å². The van der Waals surface area contributed by atoms with Crippen LogP contribution in [0.15, 0.2) is 36.5 Å². The minimum absolute atomic E-state index is 0.0233. The lowest BCUT2D eigenvalue weighted by Gasteiger charge is -2.17. The lowest BCUT2D eigenvalue weighted by Crippen LogP contribution is -2.34. The van der Waals surface area contributed by atoms with Gasteiger partial charge in [-0.3, -0.25) is 9.78 Å². The SMILES string of the molecule is C[C@H](O)c1cccc2c1C(F)(F)C(=O)N2Cc1ncccc1F. The Morgan fingerprint density at radius 1 is 1.30 bits per heavy atom. The van der Waals surface area contributed by atoms with E-state index in [1.165, 1.54) is 37.4 Å². The van der Waals surface area contributed by atoms with Crippen molar-refractivity contribution in [2.24, 2.45) is 0 Å². The summed E-state index contributed by atoms with van der Waals surface area (Å²) in [6.07, 6.45) is 0.166. The number of pyridine rings is 1. The maximum absolute atomic E-state index is 14.4. The van der Waals surface area contributed by atoms with Crippen LogP contribution in [0.3, 0.4) is 0 Å². The van der Waals surface area contributed by atoms with E-state index in [4.69, 9.17) is 0 Å². The lowest BCUT2D eigenvalue weighted by molar-refractivity contribution is -0.141. The molecule has 0 spiro atoms. The van der Waals surface area contributed by atoms with Gasteiger partial charge in [0.05, 0.1) is 29.6 Å². The van der Waals surface area contributed by atoms with Crippen LogP contribution in [0.5, 0.6) is 0 Å². The van der Waals surface area contributed by atoms with Gasteiger partial charge in [-0.2, -0.15) is 8.78 Å². The molecular formula is C16H13F3N2O2. The Bertz CT molecular complexity index is 778. The maximum Gasteiger partial charge on any atom is 0.352 e. The van der Waals surface area contributed by atoms with Crippen molar-refractivity contribution in [3.8, 4) is 0 Å². The molecule has 1 aliphatic heterocycles. The Hall–Kier alpha value is -2.41. The van der Waals surface area contributed by atoms with Gasteiger partial charge in [0.25, 0.3) is 0 Å². The van der Waals surface area contributed by atoms with Crippen molar-refractivity contribution in [3.05, 3.63) is 59.2 Å². The number of benzene rings is 1. The predicted octanol–water partition coefficient (Wildman–Crippen LogP) is 2.91. The molecule has 1 amide bonds. The largest absolute Gasteiger partial charge is 0.389 e. The highest BCUT2D eigenvalue weighted by molar-refractivity contribution is 6.06. The van der Waals surface area contributed by atoms with E-state index in [-0.39, 0.29) is 16.9 Å². The van der Waals surface area contributed by atoms with E-state index in [0.29, 0.717) is 0 Å². The third kappa shape index (κ3) is 2.37. The average molecular weight is 322 g/mol. The van der Waals surface area contributed by atoms with Gasteiger partial charge in [-0.15, -0.1) is 0 Å². The highest BCUT2D eigenvalue weighted by Crippen LogP contribution is 2.47. The molecule has 0 saturated heterocycles. The number of fused-ring (bicyclic) bond motifs is 1. The van der Waals surface area contributed by atoms with Crippen LogP contribution in [0.1, 0.15) is 29.8 Å². The van der Waals surface area contributed by atoms with Crippen molar-refractivity contribution in [1.29, 1.82) is 0 Å². The Morgan fingerprint density at radius 3 is 2.70 bits per heavy atom. The molecule has 4 nitrogen and oxygen atoms in total. The number of hydrogen-bond donors (Lipinski definition) is 1. The van der Waals surface area contributed by atoms with E-state index in [9.17, 15) is 23.1 Å². The second-order valence-corrected chi connectivity index (χ2v) is 5.31. The van der Waals surface area contributed by atoms with Crippen LogP contribution in [-0.2, 0) is 17.3 Å². The first-order valence-electron chi connectivity index (χ1n) is 6.94. The predicted molar refractivity (Wildman–Crippen MR) is 76.4 cm³/mol. The van der Waals surface area contributed by atoms with Crippen molar-refractivity contribution < 1.29 is 23.1 Å². The van der Waals surface area contributed by atoms with Crippen LogP contribution in [0, 0.1) is 5.82 Å². The molecule has 2 heterocycles. The highest BCUT2D eigenvalue weighted by Gasteiger charge is 2.54. The zero-order valence-electron chi connectivity index (χ0n) is 12.1. The van der Waals surface area contributed by atoms with Gasteiger partial charge in [-0.1, -0.05) is 12.1 Å². The minimum Gasteiger partial charge on any atom is -0.389 e. The van der Waals surface area contributed by atoms with Gasteiger partial charge >= 0.3 is 11.8 Å². The van der Waals surface area contributed by atoms with Crippen molar-refractivity contribution >= 4 is 11.6 Å². The summed E-state index contributed by atoms with van der Waals surface area (Å²) in [5, 5.41) is 9.69. The zero-order chi connectivity index (χ0) is 16.8. The highest BCUT2D eigenvalue weighted by atomic mass is 19.3. The van der Waals surface area contributed by atoms with Crippen LogP contribution in [0.25, 0.3) is 0 Å². The number of carbonyl (C=O) groups excluding carboxylic acids is 1. The fraction of sp³-hybridized carbons (Fsp3) is 0.250. The van der Waals surface area contributed by atoms with Gasteiger partial charge in [-0.25, -0.2) is 4.39 Å². The maximum atomic E-state index is 14.4. The van der Waals surface area contributed by atoms with Gasteiger partial charge in [-0.05, 0) is 30.7 Å². The van der Waals surface area contributed by atoms with E-state index in [1.54, 1.807) is 0 Å². The van der Waals surface area contributed by atoms with E-state index in [0.717, 1.165) is 11.0 Å². The van der Waals surface area contributed by atoms with E-state index >= 15 is 0 Å². The standard InChI is InChI=1S/C16H13F3N2O2/c1-9(22)10-4-2-6-13-14(10)16(18,19)15(23)21(13)8-12-11(17)5-3-7-20-12/h2-7,9,22H,8H2,1H3/t9-/m0/s1.